The van der Waals surface area contributed by atoms with Crippen LogP contribution in [-0.2, 0) is 10.0 Å². The summed E-state index contributed by atoms with van der Waals surface area (Å²) in [5.74, 6) is -0.255. The van der Waals surface area contributed by atoms with Crippen molar-refractivity contribution >= 4 is 27.3 Å². The van der Waals surface area contributed by atoms with Gasteiger partial charge in [0.25, 0.3) is 15.9 Å². The van der Waals surface area contributed by atoms with Crippen LogP contribution >= 0.6 is 0 Å². The standard InChI is InChI=1S/C25H27FN4O3S/c1-16-3-8-22(17(2)13-16)29-23-14-24(34(27,32)33)28-15-21(23)25(31)30-11-9-19(10-12-30)18-4-6-20(26)7-5-18/h3-8,13-15,19H,9-12H2,1-2H3,(H,28,29)(H2,27,32,33). The van der Waals surface area contributed by atoms with Gasteiger partial charge in [0.15, 0.2) is 5.03 Å². The lowest BCUT2D eigenvalue weighted by Crippen LogP contribution is -2.38. The van der Waals surface area contributed by atoms with E-state index < -0.39 is 10.0 Å². The highest BCUT2D eigenvalue weighted by atomic mass is 32.2. The lowest BCUT2D eigenvalue weighted by molar-refractivity contribution is 0.0713. The van der Waals surface area contributed by atoms with Gasteiger partial charge in [-0.05, 0) is 61.9 Å². The SMILES string of the molecule is Cc1ccc(Nc2cc(S(N)(=O)=O)ncc2C(=O)N2CCC(c3ccc(F)cc3)CC2)c(C)c1. The predicted molar refractivity (Wildman–Crippen MR) is 129 cm³/mol. The predicted octanol–water partition coefficient (Wildman–Crippen LogP) is 4.25. The summed E-state index contributed by atoms with van der Waals surface area (Å²) >= 11 is 0. The molecule has 2 heterocycles. The van der Waals surface area contributed by atoms with Gasteiger partial charge in [0.05, 0.1) is 11.3 Å². The van der Waals surface area contributed by atoms with Crippen LogP contribution in [0.25, 0.3) is 0 Å². The highest BCUT2D eigenvalue weighted by molar-refractivity contribution is 7.89. The molecule has 1 amide bonds. The smallest absolute Gasteiger partial charge is 0.257 e. The Morgan fingerprint density at radius 2 is 1.74 bits per heavy atom. The molecule has 34 heavy (non-hydrogen) atoms. The van der Waals surface area contributed by atoms with Crippen molar-refractivity contribution in [1.29, 1.82) is 0 Å². The molecule has 1 aromatic heterocycles. The quantitative estimate of drug-likeness (QED) is 0.566. The number of hydrogen-bond acceptors (Lipinski definition) is 5. The highest BCUT2D eigenvalue weighted by Crippen LogP contribution is 2.31. The van der Waals surface area contributed by atoms with Crippen molar-refractivity contribution in [3.63, 3.8) is 0 Å². The molecule has 0 aliphatic carbocycles. The summed E-state index contributed by atoms with van der Waals surface area (Å²) in [4.78, 5) is 19.1. The molecule has 2 aromatic carbocycles. The maximum atomic E-state index is 13.4. The zero-order chi connectivity index (χ0) is 24.5. The number of halogens is 1. The van der Waals surface area contributed by atoms with E-state index in [1.54, 1.807) is 17.0 Å². The van der Waals surface area contributed by atoms with E-state index in [4.69, 9.17) is 5.14 Å². The van der Waals surface area contributed by atoms with Crippen molar-refractivity contribution in [3.05, 3.63) is 82.8 Å². The molecule has 3 aromatic rings. The van der Waals surface area contributed by atoms with Gasteiger partial charge in [-0.25, -0.2) is 22.9 Å². The van der Waals surface area contributed by atoms with E-state index in [2.05, 4.69) is 10.3 Å². The summed E-state index contributed by atoms with van der Waals surface area (Å²) in [5, 5.41) is 8.16. The Kier molecular flexibility index (Phi) is 6.67. The first kappa shape index (κ1) is 23.8. The molecular weight excluding hydrogens is 455 g/mol. The summed E-state index contributed by atoms with van der Waals surface area (Å²) in [7, 11) is -4.05. The second-order valence-corrected chi connectivity index (χ2v) is 10.2. The average Bonchev–Trinajstić information content (AvgIpc) is 2.80. The Balaban J connectivity index is 1.58. The number of nitrogens with two attached hydrogens (primary N) is 1. The van der Waals surface area contributed by atoms with E-state index in [1.807, 2.05) is 32.0 Å². The molecule has 1 fully saturated rings. The second kappa shape index (κ2) is 9.52. The number of anilines is 2. The molecule has 178 valence electrons. The van der Waals surface area contributed by atoms with Crippen LogP contribution in [-0.4, -0.2) is 37.3 Å². The third-order valence-electron chi connectivity index (χ3n) is 6.18. The molecule has 0 atom stereocenters. The number of aryl methyl sites for hydroxylation is 2. The van der Waals surface area contributed by atoms with Crippen LogP contribution in [0.2, 0.25) is 0 Å². The van der Waals surface area contributed by atoms with Crippen LogP contribution < -0.4 is 10.5 Å². The van der Waals surface area contributed by atoms with Gasteiger partial charge in [0.1, 0.15) is 5.82 Å². The fourth-order valence-corrected chi connectivity index (χ4v) is 4.77. The Morgan fingerprint density at radius 1 is 1.06 bits per heavy atom. The first-order valence-electron chi connectivity index (χ1n) is 11.0. The third-order valence-corrected chi connectivity index (χ3v) is 6.98. The molecule has 4 rings (SSSR count). The maximum Gasteiger partial charge on any atom is 0.257 e. The fraction of sp³-hybridized carbons (Fsp3) is 0.280. The van der Waals surface area contributed by atoms with Crippen molar-refractivity contribution in [3.8, 4) is 0 Å². The van der Waals surface area contributed by atoms with Gasteiger partial charge in [-0.1, -0.05) is 29.8 Å². The number of likely N-dealkylation sites (tertiary alicyclic amines) is 1. The molecule has 1 aliphatic rings. The average molecular weight is 483 g/mol. The molecule has 3 N–H and O–H groups in total. The van der Waals surface area contributed by atoms with Crippen molar-refractivity contribution < 1.29 is 17.6 Å². The van der Waals surface area contributed by atoms with Crippen LogP contribution in [0.4, 0.5) is 15.8 Å². The molecule has 0 spiro atoms. The normalized spacial score (nSPS) is 14.8. The van der Waals surface area contributed by atoms with Gasteiger partial charge in [-0.2, -0.15) is 0 Å². The summed E-state index contributed by atoms with van der Waals surface area (Å²) in [6.45, 7) is 4.97. The van der Waals surface area contributed by atoms with Crippen molar-refractivity contribution in [2.45, 2.75) is 37.6 Å². The molecular formula is C25H27FN4O3S. The molecule has 0 bridgehead atoms. The first-order chi connectivity index (χ1) is 16.1. The van der Waals surface area contributed by atoms with E-state index >= 15 is 0 Å². The summed E-state index contributed by atoms with van der Waals surface area (Å²) in [6, 6.07) is 13.6. The number of pyridine rings is 1. The Hall–Kier alpha value is -3.30. The van der Waals surface area contributed by atoms with E-state index in [0.29, 0.717) is 18.8 Å². The monoisotopic (exact) mass is 482 g/mol. The number of amides is 1. The van der Waals surface area contributed by atoms with E-state index in [9.17, 15) is 17.6 Å². The van der Waals surface area contributed by atoms with E-state index in [1.165, 1.54) is 24.4 Å². The molecule has 0 unspecified atom stereocenters. The Bertz CT molecular complexity index is 1320. The van der Waals surface area contributed by atoms with Gasteiger partial charge >= 0.3 is 0 Å². The van der Waals surface area contributed by atoms with Crippen LogP contribution in [0.15, 0.2) is 59.8 Å². The number of hydrogen-bond donors (Lipinski definition) is 2. The van der Waals surface area contributed by atoms with Gasteiger partial charge in [0, 0.05) is 31.0 Å². The summed E-state index contributed by atoms with van der Waals surface area (Å²) in [5.41, 5.74) is 4.45. The van der Waals surface area contributed by atoms with Gasteiger partial charge in [-0.15, -0.1) is 0 Å². The van der Waals surface area contributed by atoms with Gasteiger partial charge in [-0.3, -0.25) is 4.79 Å². The minimum absolute atomic E-state index is 0.238. The number of sulfonamides is 1. The minimum atomic E-state index is -4.05. The lowest BCUT2D eigenvalue weighted by atomic mass is 9.89. The largest absolute Gasteiger partial charge is 0.355 e. The van der Waals surface area contributed by atoms with E-state index in [0.717, 1.165) is 35.2 Å². The maximum absolute atomic E-state index is 13.4. The lowest BCUT2D eigenvalue weighted by Gasteiger charge is -2.32. The van der Waals surface area contributed by atoms with Crippen LogP contribution in [0, 0.1) is 19.7 Å². The highest BCUT2D eigenvalue weighted by Gasteiger charge is 2.27. The number of nitrogens with one attached hydrogen (secondary N) is 1. The molecule has 0 radical (unpaired) electrons. The zero-order valence-electron chi connectivity index (χ0n) is 19.1. The van der Waals surface area contributed by atoms with Crippen molar-refractivity contribution in [1.82, 2.24) is 9.88 Å². The molecule has 1 saturated heterocycles. The molecule has 0 saturated carbocycles. The number of nitrogens with zero attached hydrogens (tertiary/aromatic N) is 2. The summed E-state index contributed by atoms with van der Waals surface area (Å²) < 4.78 is 37.0. The molecule has 7 nitrogen and oxygen atoms in total. The number of primary sulfonamides is 1. The zero-order valence-corrected chi connectivity index (χ0v) is 19.9. The first-order valence-corrected chi connectivity index (χ1v) is 12.6. The van der Waals surface area contributed by atoms with Crippen LogP contribution in [0.5, 0.6) is 0 Å². The van der Waals surface area contributed by atoms with Crippen molar-refractivity contribution in [2.24, 2.45) is 5.14 Å². The number of benzene rings is 2. The third kappa shape index (κ3) is 5.26. The molecule has 9 heteroatoms. The number of piperidine rings is 1. The number of aromatic nitrogens is 1. The minimum Gasteiger partial charge on any atom is -0.355 e. The topological polar surface area (TPSA) is 105 Å². The van der Waals surface area contributed by atoms with Crippen molar-refractivity contribution in [2.75, 3.05) is 18.4 Å². The summed E-state index contributed by atoms with van der Waals surface area (Å²) in [6.07, 6.45) is 2.76. The number of rotatable bonds is 5. The molecule has 1 aliphatic heterocycles. The Morgan fingerprint density at radius 3 is 2.35 bits per heavy atom. The Labute approximate surface area is 198 Å². The van der Waals surface area contributed by atoms with Gasteiger partial charge in [0.2, 0.25) is 0 Å². The number of carbonyl (C=O) groups excluding carboxylic acids is 1. The van der Waals surface area contributed by atoms with E-state index in [-0.39, 0.29) is 28.2 Å². The van der Waals surface area contributed by atoms with Crippen LogP contribution in [0.1, 0.15) is 45.8 Å². The number of carbonyl (C=O) groups is 1. The van der Waals surface area contributed by atoms with Crippen LogP contribution in [0.3, 0.4) is 0 Å². The van der Waals surface area contributed by atoms with Gasteiger partial charge < -0.3 is 10.2 Å². The fourth-order valence-electron chi connectivity index (χ4n) is 4.29. The second-order valence-electron chi connectivity index (χ2n) is 8.67.